The largest absolute Gasteiger partial charge is 0.484 e. The standard InChI is InChI=1S/C17H19N3O2S/c1-18-9-8-13(15-7-4-10-23-15)22-14-6-3-5-12-16(14)17(21)20(2)11-19-12/h3-7,10-11,13,18H,8-9H2,1-2H3/t13-/m0/s1. The second-order valence-corrected chi connectivity index (χ2v) is 6.30. The number of nitrogens with one attached hydrogen (secondary N) is 1. The van der Waals surface area contributed by atoms with Crippen molar-refractivity contribution in [1.29, 1.82) is 0 Å². The van der Waals surface area contributed by atoms with Crippen LogP contribution >= 0.6 is 11.3 Å². The summed E-state index contributed by atoms with van der Waals surface area (Å²) in [4.78, 5) is 17.9. The Bertz CT molecular complexity index is 843. The molecule has 6 heteroatoms. The Kier molecular flexibility index (Phi) is 4.73. The maximum absolute atomic E-state index is 12.5. The highest BCUT2D eigenvalue weighted by atomic mass is 32.1. The molecule has 5 nitrogen and oxygen atoms in total. The number of aromatic nitrogens is 2. The SMILES string of the molecule is CNCC[C@H](Oc1cccc2ncn(C)c(=O)c12)c1cccs1. The Morgan fingerprint density at radius 3 is 2.96 bits per heavy atom. The van der Waals surface area contributed by atoms with E-state index in [2.05, 4.69) is 16.4 Å². The van der Waals surface area contributed by atoms with Gasteiger partial charge in [-0.3, -0.25) is 4.79 Å². The number of fused-ring (bicyclic) bond motifs is 1. The van der Waals surface area contributed by atoms with Crippen molar-refractivity contribution in [2.24, 2.45) is 7.05 Å². The van der Waals surface area contributed by atoms with Crippen LogP contribution in [0.25, 0.3) is 10.9 Å². The molecular weight excluding hydrogens is 310 g/mol. The molecule has 0 amide bonds. The number of hydrogen-bond donors (Lipinski definition) is 1. The summed E-state index contributed by atoms with van der Waals surface area (Å²) in [5.41, 5.74) is 0.563. The number of thiophene rings is 1. The van der Waals surface area contributed by atoms with Crippen LogP contribution in [0.15, 0.2) is 46.8 Å². The predicted molar refractivity (Wildman–Crippen MR) is 93.2 cm³/mol. The van der Waals surface area contributed by atoms with E-state index in [9.17, 15) is 4.79 Å². The van der Waals surface area contributed by atoms with Crippen LogP contribution in [0.1, 0.15) is 17.4 Å². The zero-order valence-electron chi connectivity index (χ0n) is 13.2. The van der Waals surface area contributed by atoms with Gasteiger partial charge in [-0.25, -0.2) is 4.98 Å². The molecule has 1 N–H and O–H groups in total. The summed E-state index contributed by atoms with van der Waals surface area (Å²) in [7, 11) is 3.62. The summed E-state index contributed by atoms with van der Waals surface area (Å²) in [6, 6.07) is 9.61. The molecule has 0 radical (unpaired) electrons. The molecular formula is C17H19N3O2S. The lowest BCUT2D eigenvalue weighted by atomic mass is 10.2. The quantitative estimate of drug-likeness (QED) is 0.755. The molecule has 3 rings (SSSR count). The van der Waals surface area contributed by atoms with Gasteiger partial charge in [0.2, 0.25) is 0 Å². The average molecular weight is 329 g/mol. The minimum Gasteiger partial charge on any atom is -0.484 e. The van der Waals surface area contributed by atoms with Gasteiger partial charge in [-0.1, -0.05) is 12.1 Å². The average Bonchev–Trinajstić information content (AvgIpc) is 3.09. The third-order valence-corrected chi connectivity index (χ3v) is 4.66. The molecule has 120 valence electrons. The molecule has 0 spiro atoms. The summed E-state index contributed by atoms with van der Waals surface area (Å²) >= 11 is 1.66. The number of rotatable bonds is 6. The first-order chi connectivity index (χ1) is 11.2. The molecule has 0 aliphatic rings. The first-order valence-corrected chi connectivity index (χ1v) is 8.37. The number of ether oxygens (including phenoxy) is 1. The van der Waals surface area contributed by atoms with E-state index in [4.69, 9.17) is 4.74 Å². The first kappa shape index (κ1) is 15.7. The molecule has 1 aromatic carbocycles. The zero-order valence-corrected chi connectivity index (χ0v) is 14.0. The van der Waals surface area contributed by atoms with Crippen LogP contribution in [-0.4, -0.2) is 23.1 Å². The summed E-state index contributed by atoms with van der Waals surface area (Å²) in [6.07, 6.45) is 2.28. The monoisotopic (exact) mass is 329 g/mol. The third-order valence-electron chi connectivity index (χ3n) is 3.69. The van der Waals surface area contributed by atoms with Gasteiger partial charge in [0.15, 0.2) is 0 Å². The van der Waals surface area contributed by atoms with Crippen LogP contribution in [0, 0.1) is 0 Å². The van der Waals surface area contributed by atoms with E-state index < -0.39 is 0 Å². The van der Waals surface area contributed by atoms with Gasteiger partial charge in [-0.05, 0) is 37.2 Å². The fourth-order valence-electron chi connectivity index (χ4n) is 2.48. The molecule has 2 aromatic heterocycles. The Morgan fingerprint density at radius 1 is 1.35 bits per heavy atom. The molecule has 3 aromatic rings. The Hall–Kier alpha value is -2.18. The lowest BCUT2D eigenvalue weighted by Gasteiger charge is -2.19. The van der Waals surface area contributed by atoms with Gasteiger partial charge in [-0.2, -0.15) is 0 Å². The molecule has 2 heterocycles. The highest BCUT2D eigenvalue weighted by Gasteiger charge is 2.17. The second-order valence-electron chi connectivity index (χ2n) is 5.33. The molecule has 0 unspecified atom stereocenters. The molecule has 23 heavy (non-hydrogen) atoms. The van der Waals surface area contributed by atoms with E-state index >= 15 is 0 Å². The Balaban J connectivity index is 2.02. The second kappa shape index (κ2) is 6.93. The molecule has 0 saturated heterocycles. The summed E-state index contributed by atoms with van der Waals surface area (Å²) in [6.45, 7) is 0.837. The van der Waals surface area contributed by atoms with Crippen LogP contribution in [0.4, 0.5) is 0 Å². The highest BCUT2D eigenvalue weighted by molar-refractivity contribution is 7.10. The lowest BCUT2D eigenvalue weighted by molar-refractivity contribution is 0.201. The van der Waals surface area contributed by atoms with Crippen molar-refractivity contribution in [1.82, 2.24) is 14.9 Å². The van der Waals surface area contributed by atoms with Gasteiger partial charge in [0, 0.05) is 18.3 Å². The topological polar surface area (TPSA) is 56.1 Å². The van der Waals surface area contributed by atoms with E-state index in [0.717, 1.165) is 17.8 Å². The Labute approximate surface area is 138 Å². The van der Waals surface area contributed by atoms with Crippen molar-refractivity contribution in [3.63, 3.8) is 0 Å². The highest BCUT2D eigenvalue weighted by Crippen LogP contribution is 2.30. The van der Waals surface area contributed by atoms with E-state index in [1.165, 1.54) is 10.9 Å². The van der Waals surface area contributed by atoms with E-state index in [1.54, 1.807) is 18.4 Å². The minimum absolute atomic E-state index is 0.0852. The fraction of sp³-hybridized carbons (Fsp3) is 0.294. The van der Waals surface area contributed by atoms with Gasteiger partial charge in [0.05, 0.1) is 11.8 Å². The molecule has 1 atom stereocenters. The van der Waals surface area contributed by atoms with Crippen LogP contribution in [0.3, 0.4) is 0 Å². The summed E-state index contributed by atoms with van der Waals surface area (Å²) in [5.74, 6) is 0.589. The number of aryl methyl sites for hydroxylation is 1. The molecule has 0 aliphatic heterocycles. The van der Waals surface area contributed by atoms with E-state index in [1.807, 2.05) is 36.7 Å². The first-order valence-electron chi connectivity index (χ1n) is 7.49. The normalized spacial score (nSPS) is 12.4. The maximum atomic E-state index is 12.5. The Morgan fingerprint density at radius 2 is 2.22 bits per heavy atom. The van der Waals surface area contributed by atoms with E-state index in [-0.39, 0.29) is 11.7 Å². The van der Waals surface area contributed by atoms with Crippen molar-refractivity contribution in [2.45, 2.75) is 12.5 Å². The van der Waals surface area contributed by atoms with Crippen LogP contribution in [0.5, 0.6) is 5.75 Å². The molecule has 0 fully saturated rings. The number of benzene rings is 1. The van der Waals surface area contributed by atoms with Gasteiger partial charge < -0.3 is 14.6 Å². The lowest BCUT2D eigenvalue weighted by Crippen LogP contribution is -2.19. The number of hydrogen-bond acceptors (Lipinski definition) is 5. The van der Waals surface area contributed by atoms with Gasteiger partial charge in [-0.15, -0.1) is 11.3 Å². The van der Waals surface area contributed by atoms with E-state index in [0.29, 0.717) is 16.7 Å². The maximum Gasteiger partial charge on any atom is 0.264 e. The molecule has 0 saturated carbocycles. The van der Waals surface area contributed by atoms with Crippen LogP contribution in [0.2, 0.25) is 0 Å². The van der Waals surface area contributed by atoms with Crippen molar-refractivity contribution in [3.8, 4) is 5.75 Å². The summed E-state index contributed by atoms with van der Waals surface area (Å²) < 4.78 is 7.70. The van der Waals surface area contributed by atoms with Gasteiger partial charge in [0.25, 0.3) is 5.56 Å². The summed E-state index contributed by atoms with van der Waals surface area (Å²) in [5, 5.41) is 5.72. The van der Waals surface area contributed by atoms with Crippen molar-refractivity contribution in [3.05, 3.63) is 57.3 Å². The van der Waals surface area contributed by atoms with Crippen molar-refractivity contribution >= 4 is 22.2 Å². The van der Waals surface area contributed by atoms with Crippen molar-refractivity contribution in [2.75, 3.05) is 13.6 Å². The smallest absolute Gasteiger partial charge is 0.264 e. The van der Waals surface area contributed by atoms with Crippen LogP contribution in [-0.2, 0) is 7.05 Å². The minimum atomic E-state index is -0.0934. The fourth-order valence-corrected chi connectivity index (χ4v) is 3.27. The van der Waals surface area contributed by atoms with Crippen LogP contribution < -0.4 is 15.6 Å². The molecule has 0 bridgehead atoms. The van der Waals surface area contributed by atoms with Gasteiger partial charge in [0.1, 0.15) is 17.2 Å². The predicted octanol–water partition coefficient (Wildman–Crippen LogP) is 2.72. The number of nitrogens with zero attached hydrogens (tertiary/aromatic N) is 2. The van der Waals surface area contributed by atoms with Crippen molar-refractivity contribution < 1.29 is 4.74 Å². The van der Waals surface area contributed by atoms with Gasteiger partial charge >= 0.3 is 0 Å². The molecule has 0 aliphatic carbocycles. The zero-order chi connectivity index (χ0) is 16.2. The third kappa shape index (κ3) is 3.28.